The number of aromatic nitrogens is 4. The fourth-order valence-corrected chi connectivity index (χ4v) is 3.07. The second-order valence-electron chi connectivity index (χ2n) is 8.63. The monoisotopic (exact) mass is 437 g/mol. The first kappa shape index (κ1) is 24.6. The molecule has 2 aromatic heterocycles. The summed E-state index contributed by atoms with van der Waals surface area (Å²) in [5, 5.41) is 26.7. The molecule has 0 fully saturated rings. The quantitative estimate of drug-likeness (QED) is 0.321. The van der Waals surface area contributed by atoms with E-state index in [0.29, 0.717) is 17.5 Å². The van der Waals surface area contributed by atoms with Crippen molar-refractivity contribution in [2.24, 2.45) is 0 Å². The summed E-state index contributed by atoms with van der Waals surface area (Å²) in [5.41, 5.74) is 2.03. The first-order valence-electron chi connectivity index (χ1n) is 10.3. The van der Waals surface area contributed by atoms with Crippen molar-refractivity contribution in [2.75, 3.05) is 12.4 Å². The summed E-state index contributed by atoms with van der Waals surface area (Å²) >= 11 is 0. The highest BCUT2D eigenvalue weighted by molar-refractivity contribution is 5.85. The Balaban J connectivity index is 0.000000278. The molecule has 0 amide bonds. The minimum absolute atomic E-state index is 0.00445. The van der Waals surface area contributed by atoms with Gasteiger partial charge in [0.15, 0.2) is 0 Å². The molecule has 3 N–H and O–H groups in total. The van der Waals surface area contributed by atoms with Crippen LogP contribution < -0.4 is 16.4 Å². The molecule has 2 heterocycles. The van der Waals surface area contributed by atoms with Crippen LogP contribution in [0.25, 0.3) is 10.8 Å². The van der Waals surface area contributed by atoms with E-state index in [1.54, 1.807) is 19.2 Å². The summed E-state index contributed by atoms with van der Waals surface area (Å²) in [4.78, 5) is 23.1. The highest BCUT2D eigenvalue weighted by Gasteiger charge is 2.18. The number of benzene rings is 1. The van der Waals surface area contributed by atoms with E-state index >= 15 is 0 Å². The third-order valence-corrected chi connectivity index (χ3v) is 4.89. The van der Waals surface area contributed by atoms with Crippen LogP contribution in [0.4, 0.5) is 5.82 Å². The molecule has 0 atom stereocenters. The number of aldehydes is 1. The van der Waals surface area contributed by atoms with Crippen LogP contribution in [-0.2, 0) is 16.8 Å². The first-order valence-corrected chi connectivity index (χ1v) is 10.3. The zero-order chi connectivity index (χ0) is 24.1. The SMILES string of the molecule is CC(C)c1nn(CC=O)c(=O)c2ccc(C(C)(C)C)cc12.CNc1ccc(=N)n(C=N)n1. The number of hydrogen-bond donors (Lipinski definition) is 3. The Morgan fingerprint density at radius 3 is 2.34 bits per heavy atom. The van der Waals surface area contributed by atoms with Gasteiger partial charge in [0, 0.05) is 12.4 Å². The Morgan fingerprint density at radius 2 is 1.81 bits per heavy atom. The summed E-state index contributed by atoms with van der Waals surface area (Å²) in [5.74, 6) is 0.825. The lowest BCUT2D eigenvalue weighted by molar-refractivity contribution is -0.108. The van der Waals surface area contributed by atoms with Crippen molar-refractivity contribution in [3.8, 4) is 0 Å². The smallest absolute Gasteiger partial charge is 0.275 e. The average molecular weight is 438 g/mol. The molecule has 3 rings (SSSR count). The average Bonchev–Trinajstić information content (AvgIpc) is 2.75. The Labute approximate surface area is 187 Å². The molecule has 0 unspecified atom stereocenters. The Morgan fingerprint density at radius 1 is 1.12 bits per heavy atom. The molecule has 32 heavy (non-hydrogen) atoms. The van der Waals surface area contributed by atoms with Gasteiger partial charge in [-0.25, -0.2) is 9.36 Å². The van der Waals surface area contributed by atoms with E-state index in [-0.39, 0.29) is 28.9 Å². The van der Waals surface area contributed by atoms with Gasteiger partial charge in [0.2, 0.25) is 0 Å². The van der Waals surface area contributed by atoms with Crippen LogP contribution >= 0.6 is 0 Å². The molecule has 0 spiro atoms. The molecule has 0 aliphatic heterocycles. The zero-order valence-electron chi connectivity index (χ0n) is 19.4. The van der Waals surface area contributed by atoms with Crippen molar-refractivity contribution < 1.29 is 4.79 Å². The molecule has 0 radical (unpaired) electrons. The molecule has 0 aliphatic carbocycles. The van der Waals surface area contributed by atoms with Crippen LogP contribution in [0, 0.1) is 10.8 Å². The fourth-order valence-electron chi connectivity index (χ4n) is 3.07. The number of hydrogen-bond acceptors (Lipinski definition) is 7. The minimum Gasteiger partial charge on any atom is -0.372 e. The maximum Gasteiger partial charge on any atom is 0.275 e. The van der Waals surface area contributed by atoms with Gasteiger partial charge in [-0.2, -0.15) is 5.10 Å². The summed E-state index contributed by atoms with van der Waals surface area (Å²) in [6.07, 6.45) is 1.69. The molecular formula is C23H31N7O2. The van der Waals surface area contributed by atoms with Crippen LogP contribution in [0.5, 0.6) is 0 Å². The first-order chi connectivity index (χ1) is 15.0. The second kappa shape index (κ2) is 10.1. The van der Waals surface area contributed by atoms with Crippen LogP contribution in [0.2, 0.25) is 0 Å². The molecule has 9 heteroatoms. The third-order valence-electron chi connectivity index (χ3n) is 4.89. The van der Waals surface area contributed by atoms with Gasteiger partial charge in [-0.1, -0.05) is 40.7 Å². The summed E-state index contributed by atoms with van der Waals surface area (Å²) in [6.45, 7) is 10.5. The van der Waals surface area contributed by atoms with Gasteiger partial charge in [-0.15, -0.1) is 5.10 Å². The number of carbonyl (C=O) groups is 1. The van der Waals surface area contributed by atoms with E-state index < -0.39 is 0 Å². The van der Waals surface area contributed by atoms with Crippen molar-refractivity contribution >= 4 is 29.2 Å². The Hall–Kier alpha value is -3.62. The zero-order valence-corrected chi connectivity index (χ0v) is 19.4. The van der Waals surface area contributed by atoms with Crippen LogP contribution in [0.1, 0.15) is 51.8 Å². The topological polar surface area (TPSA) is 130 Å². The normalized spacial score (nSPS) is 11.1. The molecule has 0 bridgehead atoms. The van der Waals surface area contributed by atoms with Crippen molar-refractivity contribution in [1.29, 1.82) is 10.8 Å². The summed E-state index contributed by atoms with van der Waals surface area (Å²) < 4.78 is 2.42. The van der Waals surface area contributed by atoms with E-state index in [0.717, 1.165) is 17.4 Å². The summed E-state index contributed by atoms with van der Waals surface area (Å²) in [7, 11) is 1.74. The van der Waals surface area contributed by atoms with E-state index in [2.05, 4.69) is 42.4 Å². The maximum atomic E-state index is 12.4. The van der Waals surface area contributed by atoms with Crippen LogP contribution in [0.15, 0.2) is 35.1 Å². The largest absolute Gasteiger partial charge is 0.372 e. The predicted octanol–water partition coefficient (Wildman–Crippen LogP) is 2.88. The number of nitrogens with one attached hydrogen (secondary N) is 3. The maximum absolute atomic E-state index is 12.4. The summed E-state index contributed by atoms with van der Waals surface area (Å²) in [6, 6.07) is 9.16. The molecule has 0 saturated heterocycles. The molecular weight excluding hydrogens is 406 g/mol. The fraction of sp³-hybridized carbons (Fsp3) is 0.391. The van der Waals surface area contributed by atoms with Gasteiger partial charge >= 0.3 is 0 Å². The van der Waals surface area contributed by atoms with Crippen molar-refractivity contribution in [3.63, 3.8) is 0 Å². The number of rotatable bonds is 5. The van der Waals surface area contributed by atoms with Gasteiger partial charge in [0.25, 0.3) is 5.56 Å². The molecule has 0 aliphatic rings. The van der Waals surface area contributed by atoms with Gasteiger partial charge < -0.3 is 10.1 Å². The van der Waals surface area contributed by atoms with Crippen molar-refractivity contribution in [1.82, 2.24) is 19.6 Å². The highest BCUT2D eigenvalue weighted by Crippen LogP contribution is 2.28. The molecule has 3 aromatic rings. The lowest BCUT2D eigenvalue weighted by Crippen LogP contribution is -2.26. The van der Waals surface area contributed by atoms with Crippen molar-refractivity contribution in [3.05, 3.63) is 57.4 Å². The lowest BCUT2D eigenvalue weighted by Gasteiger charge is -2.20. The molecule has 9 nitrogen and oxygen atoms in total. The van der Waals surface area contributed by atoms with E-state index in [1.807, 2.05) is 26.0 Å². The van der Waals surface area contributed by atoms with E-state index in [1.165, 1.54) is 14.9 Å². The van der Waals surface area contributed by atoms with Crippen LogP contribution in [0.3, 0.4) is 0 Å². The van der Waals surface area contributed by atoms with Gasteiger partial charge in [-0.3, -0.25) is 15.6 Å². The number of fused-ring (bicyclic) bond motifs is 1. The van der Waals surface area contributed by atoms with Crippen molar-refractivity contribution in [2.45, 2.75) is 52.5 Å². The second-order valence-corrected chi connectivity index (χ2v) is 8.63. The van der Waals surface area contributed by atoms with Crippen LogP contribution in [-0.4, -0.2) is 39.2 Å². The number of carbonyl (C=O) groups excluding carboxylic acids is 1. The van der Waals surface area contributed by atoms with Gasteiger partial charge in [0.1, 0.15) is 30.5 Å². The molecule has 0 saturated carbocycles. The molecule has 1 aromatic carbocycles. The lowest BCUT2D eigenvalue weighted by atomic mass is 9.85. The van der Waals surface area contributed by atoms with E-state index in [9.17, 15) is 9.59 Å². The highest BCUT2D eigenvalue weighted by atomic mass is 16.1. The van der Waals surface area contributed by atoms with Gasteiger partial charge in [-0.05, 0) is 41.2 Å². The third kappa shape index (κ3) is 5.54. The van der Waals surface area contributed by atoms with Gasteiger partial charge in [0.05, 0.1) is 11.1 Å². The molecule has 170 valence electrons. The standard InChI is InChI=1S/C17H22N2O2.C6H9N5/c1-11(2)15-14-10-12(17(3,4)5)6-7-13(14)16(21)19(18-15)8-9-20;1-9-6-3-2-5(8)11(4-7)10-6/h6-7,9-11H,8H2,1-5H3;2-4,7-8H,1H3,(H,9,10). The van der Waals surface area contributed by atoms with E-state index in [4.69, 9.17) is 10.8 Å². The Kier molecular flexibility index (Phi) is 7.80. The Bertz CT molecular complexity index is 1230. The number of anilines is 1. The number of nitrogens with zero attached hydrogens (tertiary/aromatic N) is 4. The predicted molar refractivity (Wildman–Crippen MR) is 127 cm³/mol. The minimum atomic E-state index is -0.207.